The topological polar surface area (TPSA) is 108 Å². The van der Waals surface area contributed by atoms with Gasteiger partial charge < -0.3 is 24.5 Å². The number of amides is 3. The fourth-order valence-electron chi connectivity index (χ4n) is 10.3. The number of piperidine rings is 2. The average Bonchev–Trinajstić information content (AvgIpc) is 3.80. The summed E-state index contributed by atoms with van der Waals surface area (Å²) in [5, 5.41) is 14.4. The maximum Gasteiger partial charge on any atom is 0.407 e. The highest BCUT2D eigenvalue weighted by atomic mass is 16.5. The molecule has 2 unspecified atom stereocenters. The van der Waals surface area contributed by atoms with Crippen molar-refractivity contribution in [2.75, 3.05) is 31.1 Å². The Hall–Kier alpha value is -3.56. The molecule has 3 aliphatic heterocycles. The summed E-state index contributed by atoms with van der Waals surface area (Å²) in [6.07, 6.45) is 15.0. The van der Waals surface area contributed by atoms with Gasteiger partial charge >= 0.3 is 6.09 Å². The zero-order valence-electron chi connectivity index (χ0n) is 30.4. The molecule has 8 rings (SSSR count). The predicted molar refractivity (Wildman–Crippen MR) is 191 cm³/mol. The molecule has 4 heterocycles. The Morgan fingerprint density at radius 2 is 1.64 bits per heavy atom. The van der Waals surface area contributed by atoms with Crippen LogP contribution in [0.1, 0.15) is 110 Å². The predicted octanol–water partition coefficient (Wildman–Crippen LogP) is 7.17. The molecule has 2 aromatic rings. The largest absolute Gasteiger partial charge is 0.489 e. The van der Waals surface area contributed by atoms with Crippen LogP contribution in [-0.2, 0) is 16.0 Å². The van der Waals surface area contributed by atoms with Gasteiger partial charge in [0.1, 0.15) is 5.75 Å². The van der Waals surface area contributed by atoms with E-state index in [4.69, 9.17) is 9.84 Å². The Morgan fingerprint density at radius 1 is 0.920 bits per heavy atom. The van der Waals surface area contributed by atoms with Crippen molar-refractivity contribution >= 4 is 23.6 Å². The second-order valence-electron chi connectivity index (χ2n) is 17.5. The molecule has 0 bridgehead atoms. The van der Waals surface area contributed by atoms with E-state index in [1.54, 1.807) is 0 Å². The molecule has 10 nitrogen and oxygen atoms in total. The van der Waals surface area contributed by atoms with Gasteiger partial charge in [0.15, 0.2) is 0 Å². The quantitative estimate of drug-likeness (QED) is 0.346. The number of anilines is 1. The maximum atomic E-state index is 14.0. The molecule has 3 aliphatic carbocycles. The molecular weight excluding hydrogens is 630 g/mol. The van der Waals surface area contributed by atoms with Crippen LogP contribution in [0.25, 0.3) is 11.1 Å². The summed E-state index contributed by atoms with van der Waals surface area (Å²) in [6.45, 7) is 11.5. The number of carbonyl (C=O) groups excluding carboxylic acids is 2. The molecule has 2 saturated heterocycles. The Balaban J connectivity index is 0.960. The lowest BCUT2D eigenvalue weighted by molar-refractivity contribution is -0.174. The van der Waals surface area contributed by atoms with Gasteiger partial charge in [0.2, 0.25) is 11.8 Å². The van der Waals surface area contributed by atoms with Gasteiger partial charge in [-0.2, -0.15) is 5.10 Å². The first kappa shape index (κ1) is 33.6. The summed E-state index contributed by atoms with van der Waals surface area (Å²) in [5.41, 5.74) is 4.34. The minimum Gasteiger partial charge on any atom is -0.489 e. The van der Waals surface area contributed by atoms with Gasteiger partial charge in [-0.1, -0.05) is 20.8 Å². The Morgan fingerprint density at radius 3 is 2.26 bits per heavy atom. The van der Waals surface area contributed by atoms with Crippen molar-refractivity contribution in [2.24, 2.45) is 28.6 Å². The lowest BCUT2D eigenvalue weighted by Crippen LogP contribution is -2.62. The van der Waals surface area contributed by atoms with Crippen LogP contribution in [0.5, 0.6) is 5.75 Å². The number of nitrogens with zero attached hydrogens (tertiary/aromatic N) is 5. The number of carbonyl (C=O) groups is 3. The third-order valence-corrected chi connectivity index (χ3v) is 13.3. The number of rotatable bonds is 6. The van der Waals surface area contributed by atoms with Crippen LogP contribution in [0.15, 0.2) is 24.5 Å². The van der Waals surface area contributed by atoms with Crippen molar-refractivity contribution in [3.63, 3.8) is 0 Å². The first-order valence-corrected chi connectivity index (χ1v) is 19.4. The zero-order valence-corrected chi connectivity index (χ0v) is 30.4. The van der Waals surface area contributed by atoms with E-state index in [1.807, 2.05) is 6.20 Å². The molecule has 1 N–H and O–H groups in total. The van der Waals surface area contributed by atoms with E-state index >= 15 is 0 Å². The molecule has 270 valence electrons. The first-order chi connectivity index (χ1) is 23.9. The van der Waals surface area contributed by atoms with Gasteiger partial charge in [0.05, 0.1) is 24.0 Å². The SMILES string of the molecule is C[C@H]1CCc2c(ccc(-c3cnn(C4CCN(C(=O)C5CC6(CCN(C(=O)O)CC6)C5C(C)(C)C)CC4)c3)c2OC2CCC2)N1C(=O)C1CC1. The average molecular weight is 686 g/mol. The molecule has 6 aliphatic rings. The first-order valence-electron chi connectivity index (χ1n) is 19.4. The molecule has 3 amide bonds. The monoisotopic (exact) mass is 685 g/mol. The second kappa shape index (κ2) is 12.6. The van der Waals surface area contributed by atoms with Crippen molar-refractivity contribution < 1.29 is 24.2 Å². The Bertz CT molecular complexity index is 1640. The van der Waals surface area contributed by atoms with Crippen LogP contribution in [0, 0.1) is 28.6 Å². The Labute approximate surface area is 296 Å². The molecule has 3 saturated carbocycles. The third-order valence-electron chi connectivity index (χ3n) is 13.3. The van der Waals surface area contributed by atoms with Crippen LogP contribution >= 0.6 is 0 Å². The van der Waals surface area contributed by atoms with Gasteiger partial charge in [0.25, 0.3) is 0 Å². The number of likely N-dealkylation sites (tertiary alicyclic amines) is 2. The fraction of sp³-hybridized carbons (Fsp3) is 0.700. The summed E-state index contributed by atoms with van der Waals surface area (Å²) in [7, 11) is 0. The van der Waals surface area contributed by atoms with Crippen molar-refractivity contribution in [3.05, 3.63) is 30.1 Å². The number of benzene rings is 1. The van der Waals surface area contributed by atoms with E-state index in [-0.39, 0.29) is 58.6 Å². The van der Waals surface area contributed by atoms with Crippen LogP contribution in [0.2, 0.25) is 0 Å². The highest BCUT2D eigenvalue weighted by Crippen LogP contribution is 2.63. The van der Waals surface area contributed by atoms with Gasteiger partial charge in [-0.25, -0.2) is 4.79 Å². The summed E-state index contributed by atoms with van der Waals surface area (Å²) < 4.78 is 8.85. The molecule has 5 fully saturated rings. The highest BCUT2D eigenvalue weighted by Gasteiger charge is 2.61. The molecule has 1 aromatic heterocycles. The van der Waals surface area contributed by atoms with Crippen LogP contribution in [-0.4, -0.2) is 80.9 Å². The molecule has 3 atom stereocenters. The molecule has 50 heavy (non-hydrogen) atoms. The number of ether oxygens (including phenoxy) is 1. The van der Waals surface area contributed by atoms with Gasteiger partial charge in [-0.3, -0.25) is 14.3 Å². The molecule has 10 heteroatoms. The van der Waals surface area contributed by atoms with Gasteiger partial charge in [-0.15, -0.1) is 0 Å². The zero-order chi connectivity index (χ0) is 34.9. The fourth-order valence-corrected chi connectivity index (χ4v) is 10.3. The number of carboxylic acid groups (broad SMARTS) is 1. The van der Waals surface area contributed by atoms with Crippen molar-refractivity contribution in [1.29, 1.82) is 0 Å². The van der Waals surface area contributed by atoms with Crippen LogP contribution < -0.4 is 9.64 Å². The summed E-state index contributed by atoms with van der Waals surface area (Å²) >= 11 is 0. The van der Waals surface area contributed by atoms with Gasteiger partial charge in [-0.05, 0) is 113 Å². The summed E-state index contributed by atoms with van der Waals surface area (Å²) in [6, 6.07) is 4.70. The van der Waals surface area contributed by atoms with Crippen LogP contribution in [0.4, 0.5) is 10.5 Å². The lowest BCUT2D eigenvalue weighted by atomic mass is 9.43. The van der Waals surface area contributed by atoms with E-state index in [9.17, 15) is 19.5 Å². The van der Waals surface area contributed by atoms with Crippen molar-refractivity contribution in [1.82, 2.24) is 19.6 Å². The summed E-state index contributed by atoms with van der Waals surface area (Å²) in [4.78, 5) is 44.6. The molecule has 1 spiro atoms. The van der Waals surface area contributed by atoms with Crippen LogP contribution in [0.3, 0.4) is 0 Å². The van der Waals surface area contributed by atoms with E-state index in [0.29, 0.717) is 13.1 Å². The highest BCUT2D eigenvalue weighted by molar-refractivity contribution is 5.99. The Kier molecular flexibility index (Phi) is 8.45. The second-order valence-corrected chi connectivity index (χ2v) is 17.5. The normalized spacial score (nSPS) is 27.0. The minimum absolute atomic E-state index is 0.0100. The molecule has 1 aromatic carbocycles. The van der Waals surface area contributed by atoms with E-state index < -0.39 is 6.09 Å². The minimum atomic E-state index is -0.834. The number of aromatic nitrogens is 2. The third kappa shape index (κ3) is 5.88. The summed E-state index contributed by atoms with van der Waals surface area (Å²) in [5.74, 6) is 1.94. The van der Waals surface area contributed by atoms with Crippen molar-refractivity contribution in [3.8, 4) is 16.9 Å². The molecule has 0 radical (unpaired) electrons. The van der Waals surface area contributed by atoms with E-state index in [2.05, 4.69) is 60.5 Å². The number of hydrogen-bond donors (Lipinski definition) is 1. The number of hydrogen-bond acceptors (Lipinski definition) is 5. The number of fused-ring (bicyclic) bond motifs is 1. The van der Waals surface area contributed by atoms with Gasteiger partial charge in [0, 0.05) is 66.9 Å². The standard InChI is InChI=1S/C40H55N5O5/c1-25-8-11-31-33(45(25)36(46)26-9-10-26)13-12-30(34(31)50-29-6-5-7-29)27-23-41-44(24-27)28-14-18-42(19-15-28)37(47)32-22-40(35(32)39(2,3)4)16-20-43(21-17-40)38(48)49/h12-13,23-26,28-29,32,35H,5-11,14-22H2,1-4H3,(H,48,49)/t25-,32?,35?/m0/s1. The molecular formula is C40H55N5O5. The lowest BCUT2D eigenvalue weighted by Gasteiger charge is -2.62. The van der Waals surface area contributed by atoms with E-state index in [1.165, 1.54) is 16.9 Å². The van der Waals surface area contributed by atoms with Crippen molar-refractivity contribution in [2.45, 2.75) is 123 Å². The maximum absolute atomic E-state index is 14.0. The smallest absolute Gasteiger partial charge is 0.407 e. The van der Waals surface area contributed by atoms with E-state index in [0.717, 1.165) is 106 Å².